The monoisotopic (exact) mass is 194 g/mol. The standard InChI is InChI=1S/C9H10N2OS/c1-4-5-12-11-7(2)9-6-13-8(3)10-9/h1,6H,5H2,2-3H3/b11-7+. The molecule has 68 valence electrons. The van der Waals surface area contributed by atoms with E-state index in [1.54, 1.807) is 11.3 Å². The summed E-state index contributed by atoms with van der Waals surface area (Å²) in [7, 11) is 0. The van der Waals surface area contributed by atoms with Gasteiger partial charge in [-0.05, 0) is 13.8 Å². The van der Waals surface area contributed by atoms with Crippen LogP contribution in [0.5, 0.6) is 0 Å². The lowest BCUT2D eigenvalue weighted by atomic mass is 10.3. The second-order valence-electron chi connectivity index (χ2n) is 2.41. The fourth-order valence-corrected chi connectivity index (χ4v) is 1.40. The number of aryl methyl sites for hydroxylation is 1. The molecule has 1 aromatic rings. The van der Waals surface area contributed by atoms with E-state index in [9.17, 15) is 0 Å². The van der Waals surface area contributed by atoms with Gasteiger partial charge in [0.05, 0.1) is 10.7 Å². The van der Waals surface area contributed by atoms with Crippen LogP contribution in [0.1, 0.15) is 17.6 Å². The Balaban J connectivity index is 2.63. The van der Waals surface area contributed by atoms with Gasteiger partial charge in [0, 0.05) is 5.38 Å². The van der Waals surface area contributed by atoms with E-state index in [1.807, 2.05) is 19.2 Å². The minimum Gasteiger partial charge on any atom is -0.382 e. The molecule has 1 aromatic heterocycles. The van der Waals surface area contributed by atoms with Gasteiger partial charge in [-0.3, -0.25) is 0 Å². The maximum Gasteiger partial charge on any atom is 0.177 e. The molecule has 0 unspecified atom stereocenters. The summed E-state index contributed by atoms with van der Waals surface area (Å²) < 4.78 is 0. The van der Waals surface area contributed by atoms with Crippen LogP contribution in [0.3, 0.4) is 0 Å². The minimum atomic E-state index is 0.195. The van der Waals surface area contributed by atoms with Crippen LogP contribution in [-0.2, 0) is 4.84 Å². The number of rotatable bonds is 3. The smallest absolute Gasteiger partial charge is 0.177 e. The average molecular weight is 194 g/mol. The zero-order chi connectivity index (χ0) is 9.68. The third-order valence-corrected chi connectivity index (χ3v) is 2.11. The molecular weight excluding hydrogens is 184 g/mol. The first-order valence-electron chi connectivity index (χ1n) is 3.76. The van der Waals surface area contributed by atoms with Gasteiger partial charge in [0.1, 0.15) is 5.71 Å². The van der Waals surface area contributed by atoms with Crippen molar-refractivity contribution in [1.29, 1.82) is 0 Å². The number of terminal acetylenes is 1. The summed E-state index contributed by atoms with van der Waals surface area (Å²) in [6, 6.07) is 0. The average Bonchev–Trinajstić information content (AvgIpc) is 2.52. The van der Waals surface area contributed by atoms with Crippen molar-refractivity contribution >= 4 is 17.0 Å². The van der Waals surface area contributed by atoms with Crippen LogP contribution in [0.2, 0.25) is 0 Å². The van der Waals surface area contributed by atoms with Crippen molar-refractivity contribution in [3.05, 3.63) is 16.1 Å². The van der Waals surface area contributed by atoms with Gasteiger partial charge in [-0.2, -0.15) is 0 Å². The second-order valence-corrected chi connectivity index (χ2v) is 3.47. The van der Waals surface area contributed by atoms with Gasteiger partial charge < -0.3 is 4.84 Å². The molecule has 0 aliphatic rings. The molecule has 0 amide bonds. The number of nitrogens with zero attached hydrogens (tertiary/aromatic N) is 2. The molecule has 1 rings (SSSR count). The molecule has 3 nitrogen and oxygen atoms in total. The van der Waals surface area contributed by atoms with Crippen LogP contribution in [-0.4, -0.2) is 17.3 Å². The number of hydrogen-bond donors (Lipinski definition) is 0. The summed E-state index contributed by atoms with van der Waals surface area (Å²) in [4.78, 5) is 9.07. The maximum absolute atomic E-state index is 5.00. The minimum absolute atomic E-state index is 0.195. The van der Waals surface area contributed by atoms with Crippen molar-refractivity contribution < 1.29 is 4.84 Å². The maximum atomic E-state index is 5.00. The zero-order valence-corrected chi connectivity index (χ0v) is 8.39. The summed E-state index contributed by atoms with van der Waals surface area (Å²) in [5.74, 6) is 2.33. The SMILES string of the molecule is C#CCO/N=C(\C)c1csc(C)n1. The molecule has 0 saturated carbocycles. The highest BCUT2D eigenvalue weighted by atomic mass is 32.1. The molecule has 0 spiro atoms. The van der Waals surface area contributed by atoms with Crippen LogP contribution in [0, 0.1) is 19.3 Å². The highest BCUT2D eigenvalue weighted by Crippen LogP contribution is 2.08. The van der Waals surface area contributed by atoms with Gasteiger partial charge in [0.15, 0.2) is 6.61 Å². The molecule has 0 saturated heterocycles. The van der Waals surface area contributed by atoms with Crippen molar-refractivity contribution in [3.8, 4) is 12.3 Å². The lowest BCUT2D eigenvalue weighted by molar-refractivity contribution is 0.180. The van der Waals surface area contributed by atoms with E-state index in [0.29, 0.717) is 0 Å². The van der Waals surface area contributed by atoms with Crippen LogP contribution in [0.25, 0.3) is 0 Å². The molecule has 0 fully saturated rings. The molecule has 0 radical (unpaired) electrons. The summed E-state index contributed by atoms with van der Waals surface area (Å²) in [5, 5.41) is 6.77. The van der Waals surface area contributed by atoms with E-state index in [4.69, 9.17) is 11.3 Å². The first kappa shape index (κ1) is 9.75. The zero-order valence-electron chi connectivity index (χ0n) is 7.57. The van der Waals surface area contributed by atoms with Gasteiger partial charge in [-0.1, -0.05) is 11.1 Å². The molecule has 0 aliphatic heterocycles. The quantitative estimate of drug-likeness (QED) is 0.318. The lowest BCUT2D eigenvalue weighted by Crippen LogP contribution is -1.97. The van der Waals surface area contributed by atoms with E-state index in [1.165, 1.54) is 0 Å². The first-order chi connectivity index (χ1) is 6.24. The van der Waals surface area contributed by atoms with Gasteiger partial charge in [-0.15, -0.1) is 17.8 Å². The van der Waals surface area contributed by atoms with Crippen molar-refractivity contribution in [1.82, 2.24) is 4.98 Å². The Morgan fingerprint density at radius 3 is 3.15 bits per heavy atom. The van der Waals surface area contributed by atoms with E-state index < -0.39 is 0 Å². The highest BCUT2D eigenvalue weighted by Gasteiger charge is 2.01. The van der Waals surface area contributed by atoms with Crippen molar-refractivity contribution in [3.63, 3.8) is 0 Å². The molecule has 4 heteroatoms. The fourth-order valence-electron chi connectivity index (χ4n) is 0.743. The predicted octanol–water partition coefficient (Wildman–Crippen LogP) is 1.83. The Hall–Kier alpha value is -1.34. The van der Waals surface area contributed by atoms with Crippen LogP contribution >= 0.6 is 11.3 Å². The van der Waals surface area contributed by atoms with Gasteiger partial charge in [-0.25, -0.2) is 4.98 Å². The molecule has 0 aromatic carbocycles. The van der Waals surface area contributed by atoms with Crippen LogP contribution in [0.4, 0.5) is 0 Å². The Kier molecular flexibility index (Phi) is 3.47. The van der Waals surface area contributed by atoms with E-state index in [0.717, 1.165) is 16.4 Å². The Labute approximate surface area is 81.4 Å². The Morgan fingerprint density at radius 2 is 2.62 bits per heavy atom. The molecule has 0 bridgehead atoms. The third-order valence-electron chi connectivity index (χ3n) is 1.34. The normalized spacial score (nSPS) is 11.0. The first-order valence-corrected chi connectivity index (χ1v) is 4.64. The Morgan fingerprint density at radius 1 is 1.85 bits per heavy atom. The largest absolute Gasteiger partial charge is 0.382 e. The summed E-state index contributed by atoms with van der Waals surface area (Å²) in [6.45, 7) is 3.98. The Bertz CT molecular complexity index is 349. The van der Waals surface area contributed by atoms with Gasteiger partial charge in [0.2, 0.25) is 0 Å². The number of aromatic nitrogens is 1. The highest BCUT2D eigenvalue weighted by molar-refractivity contribution is 7.09. The summed E-state index contributed by atoms with van der Waals surface area (Å²) in [6.07, 6.45) is 5.00. The van der Waals surface area contributed by atoms with Crippen molar-refractivity contribution in [2.75, 3.05) is 6.61 Å². The lowest BCUT2D eigenvalue weighted by Gasteiger charge is -1.94. The summed E-state index contributed by atoms with van der Waals surface area (Å²) in [5.41, 5.74) is 1.60. The third kappa shape index (κ3) is 2.88. The molecular formula is C9H10N2OS. The van der Waals surface area contributed by atoms with E-state index in [-0.39, 0.29) is 6.61 Å². The van der Waals surface area contributed by atoms with Crippen molar-refractivity contribution in [2.45, 2.75) is 13.8 Å². The fraction of sp³-hybridized carbons (Fsp3) is 0.333. The summed E-state index contributed by atoms with van der Waals surface area (Å²) >= 11 is 1.58. The molecule has 1 heterocycles. The molecule has 0 N–H and O–H groups in total. The van der Waals surface area contributed by atoms with Crippen molar-refractivity contribution in [2.24, 2.45) is 5.16 Å². The number of hydrogen-bond acceptors (Lipinski definition) is 4. The number of oxime groups is 1. The topological polar surface area (TPSA) is 34.5 Å². The van der Waals surface area contributed by atoms with Gasteiger partial charge in [0.25, 0.3) is 0 Å². The molecule has 0 atom stereocenters. The predicted molar refractivity (Wildman–Crippen MR) is 53.8 cm³/mol. The molecule has 13 heavy (non-hydrogen) atoms. The van der Waals surface area contributed by atoms with E-state index >= 15 is 0 Å². The molecule has 0 aliphatic carbocycles. The van der Waals surface area contributed by atoms with Crippen LogP contribution < -0.4 is 0 Å². The van der Waals surface area contributed by atoms with E-state index in [2.05, 4.69) is 16.1 Å². The second kappa shape index (κ2) is 4.63. The van der Waals surface area contributed by atoms with Gasteiger partial charge >= 0.3 is 0 Å². The number of thiazole rings is 1. The van der Waals surface area contributed by atoms with Crippen LogP contribution in [0.15, 0.2) is 10.5 Å².